The maximum Gasteiger partial charge on any atom is 0.192 e. The second-order valence-electron chi connectivity index (χ2n) is 6.89. The molecule has 0 amide bonds. The Morgan fingerprint density at radius 1 is 1.26 bits per heavy atom. The molecule has 0 saturated heterocycles. The number of aromatic nitrogens is 1. The summed E-state index contributed by atoms with van der Waals surface area (Å²) in [4.78, 5) is 4.45. The van der Waals surface area contributed by atoms with Gasteiger partial charge in [-0.15, -0.1) is 0 Å². The third-order valence-corrected chi connectivity index (χ3v) is 8.15. The number of hydrogen-bond donors (Lipinski definition) is 1. The van der Waals surface area contributed by atoms with Gasteiger partial charge in [0.05, 0.1) is 24.2 Å². The molecule has 0 radical (unpaired) electrons. The lowest BCUT2D eigenvalue weighted by molar-refractivity contribution is 0.272. The van der Waals surface area contributed by atoms with Crippen LogP contribution in [0.3, 0.4) is 0 Å². The monoisotopic (exact) mass is 280 g/mol. The molecule has 0 aliphatic rings. The van der Waals surface area contributed by atoms with Crippen molar-refractivity contribution in [2.45, 2.75) is 65.4 Å². The predicted molar refractivity (Wildman–Crippen MR) is 85.0 cm³/mol. The highest BCUT2D eigenvalue weighted by Crippen LogP contribution is 2.36. The van der Waals surface area contributed by atoms with Crippen LogP contribution in [-0.4, -0.2) is 19.3 Å². The number of nitrogens with zero attached hydrogens (tertiary/aromatic N) is 1. The van der Waals surface area contributed by atoms with Crippen molar-refractivity contribution in [2.75, 3.05) is 5.32 Å². The SMILES string of the molecule is CC(C)Nc1ccc(CO[Si](C)(C)C(C)(C)C)nc1. The smallest absolute Gasteiger partial charge is 0.192 e. The lowest BCUT2D eigenvalue weighted by Crippen LogP contribution is -2.40. The molecule has 1 aromatic rings. The van der Waals surface area contributed by atoms with Crippen LogP contribution in [0.5, 0.6) is 0 Å². The molecule has 0 aliphatic heterocycles. The maximum absolute atomic E-state index is 6.16. The first-order valence-electron chi connectivity index (χ1n) is 6.97. The Kier molecular flexibility index (Phi) is 5.16. The van der Waals surface area contributed by atoms with Gasteiger partial charge >= 0.3 is 0 Å². The molecule has 3 nitrogen and oxygen atoms in total. The molecule has 0 spiro atoms. The van der Waals surface area contributed by atoms with E-state index in [4.69, 9.17) is 4.43 Å². The molecule has 4 heteroatoms. The molecule has 19 heavy (non-hydrogen) atoms. The van der Waals surface area contributed by atoms with Crippen LogP contribution < -0.4 is 5.32 Å². The average molecular weight is 280 g/mol. The van der Waals surface area contributed by atoms with Crippen LogP contribution in [0.25, 0.3) is 0 Å². The van der Waals surface area contributed by atoms with E-state index in [1.807, 2.05) is 12.3 Å². The lowest BCUT2D eigenvalue weighted by Gasteiger charge is -2.36. The molecule has 0 bridgehead atoms. The Balaban J connectivity index is 2.59. The Hall–Kier alpha value is -0.873. The van der Waals surface area contributed by atoms with Crippen molar-refractivity contribution in [1.29, 1.82) is 0 Å². The van der Waals surface area contributed by atoms with Crippen LogP contribution in [0.1, 0.15) is 40.3 Å². The molecule has 0 aromatic carbocycles. The highest BCUT2D eigenvalue weighted by Gasteiger charge is 2.37. The van der Waals surface area contributed by atoms with Crippen LogP contribution in [0.2, 0.25) is 18.1 Å². The largest absolute Gasteiger partial charge is 0.411 e. The normalized spacial score (nSPS) is 12.8. The highest BCUT2D eigenvalue weighted by molar-refractivity contribution is 6.74. The third-order valence-electron chi connectivity index (χ3n) is 3.67. The Morgan fingerprint density at radius 3 is 2.32 bits per heavy atom. The number of rotatable bonds is 5. The Labute approximate surface area is 118 Å². The summed E-state index contributed by atoms with van der Waals surface area (Å²) in [5.74, 6) is 0. The van der Waals surface area contributed by atoms with Gasteiger partial charge in [0.25, 0.3) is 0 Å². The molecular weight excluding hydrogens is 252 g/mol. The van der Waals surface area contributed by atoms with Gasteiger partial charge < -0.3 is 9.74 Å². The van der Waals surface area contributed by atoms with Gasteiger partial charge in [-0.05, 0) is 44.1 Å². The van der Waals surface area contributed by atoms with E-state index in [1.165, 1.54) is 0 Å². The predicted octanol–water partition coefficient (Wildman–Crippen LogP) is 4.42. The van der Waals surface area contributed by atoms with Crippen molar-refractivity contribution in [3.8, 4) is 0 Å². The van der Waals surface area contributed by atoms with E-state index in [0.29, 0.717) is 12.6 Å². The van der Waals surface area contributed by atoms with Gasteiger partial charge in [-0.25, -0.2) is 0 Å². The minimum atomic E-state index is -1.68. The Bertz CT molecular complexity index is 394. The number of anilines is 1. The fraction of sp³-hybridized carbons (Fsp3) is 0.667. The third kappa shape index (κ3) is 4.95. The van der Waals surface area contributed by atoms with E-state index >= 15 is 0 Å². The van der Waals surface area contributed by atoms with E-state index in [9.17, 15) is 0 Å². The van der Waals surface area contributed by atoms with Gasteiger partial charge in [-0.1, -0.05) is 20.8 Å². The fourth-order valence-electron chi connectivity index (χ4n) is 1.40. The van der Waals surface area contributed by atoms with Crippen LogP contribution in [0, 0.1) is 0 Å². The standard InChI is InChI=1S/C15H28N2OSi/c1-12(2)17-13-8-9-14(16-10-13)11-18-19(6,7)15(3,4)5/h8-10,12,17H,11H2,1-7H3. The lowest BCUT2D eigenvalue weighted by atomic mass is 10.2. The maximum atomic E-state index is 6.16. The molecule has 0 unspecified atom stereocenters. The first kappa shape index (κ1) is 16.2. The van der Waals surface area contributed by atoms with Gasteiger partial charge in [0.2, 0.25) is 0 Å². The van der Waals surface area contributed by atoms with Crippen molar-refractivity contribution < 1.29 is 4.43 Å². The van der Waals surface area contributed by atoms with Crippen molar-refractivity contribution in [3.05, 3.63) is 24.0 Å². The van der Waals surface area contributed by atoms with E-state index in [1.54, 1.807) is 0 Å². The molecule has 1 rings (SSSR count). The summed E-state index contributed by atoms with van der Waals surface area (Å²) in [7, 11) is -1.68. The zero-order valence-electron chi connectivity index (χ0n) is 13.4. The molecule has 1 aromatic heterocycles. The molecule has 0 aliphatic carbocycles. The minimum Gasteiger partial charge on any atom is -0.411 e. The summed E-state index contributed by atoms with van der Waals surface area (Å²) < 4.78 is 6.16. The summed E-state index contributed by atoms with van der Waals surface area (Å²) in [6, 6.07) is 4.53. The zero-order valence-corrected chi connectivity index (χ0v) is 14.4. The second kappa shape index (κ2) is 6.05. The van der Waals surface area contributed by atoms with E-state index in [0.717, 1.165) is 11.4 Å². The highest BCUT2D eigenvalue weighted by atomic mass is 28.4. The summed E-state index contributed by atoms with van der Waals surface area (Å²) in [6.45, 7) is 16.1. The summed E-state index contributed by atoms with van der Waals surface area (Å²) >= 11 is 0. The summed E-state index contributed by atoms with van der Waals surface area (Å²) in [5, 5.41) is 3.58. The second-order valence-corrected chi connectivity index (χ2v) is 11.7. The number of pyridine rings is 1. The van der Waals surface area contributed by atoms with Crippen LogP contribution in [-0.2, 0) is 11.0 Å². The van der Waals surface area contributed by atoms with Crippen LogP contribution >= 0.6 is 0 Å². The quantitative estimate of drug-likeness (QED) is 0.811. The first-order valence-corrected chi connectivity index (χ1v) is 9.88. The summed E-state index contributed by atoms with van der Waals surface area (Å²) in [5.41, 5.74) is 2.06. The Morgan fingerprint density at radius 2 is 1.89 bits per heavy atom. The van der Waals surface area contributed by atoms with Crippen LogP contribution in [0.4, 0.5) is 5.69 Å². The summed E-state index contributed by atoms with van der Waals surface area (Å²) in [6.07, 6.45) is 1.88. The topological polar surface area (TPSA) is 34.1 Å². The van der Waals surface area contributed by atoms with Crippen molar-refractivity contribution >= 4 is 14.0 Å². The first-order chi connectivity index (χ1) is 8.62. The molecular formula is C15H28N2OSi. The molecule has 0 fully saturated rings. The van der Waals surface area contributed by atoms with Gasteiger partial charge in [0.1, 0.15) is 0 Å². The molecule has 0 atom stereocenters. The van der Waals surface area contributed by atoms with Gasteiger partial charge in [0, 0.05) is 6.04 Å². The molecule has 1 heterocycles. The van der Waals surface area contributed by atoms with Crippen molar-refractivity contribution in [2.24, 2.45) is 0 Å². The van der Waals surface area contributed by atoms with E-state index in [-0.39, 0.29) is 5.04 Å². The van der Waals surface area contributed by atoms with Gasteiger partial charge in [-0.3, -0.25) is 4.98 Å². The van der Waals surface area contributed by atoms with Gasteiger partial charge in [0.15, 0.2) is 8.32 Å². The van der Waals surface area contributed by atoms with Gasteiger partial charge in [-0.2, -0.15) is 0 Å². The molecule has 108 valence electrons. The fourth-order valence-corrected chi connectivity index (χ4v) is 2.34. The minimum absolute atomic E-state index is 0.242. The number of nitrogens with one attached hydrogen (secondary N) is 1. The van der Waals surface area contributed by atoms with Crippen molar-refractivity contribution in [3.63, 3.8) is 0 Å². The van der Waals surface area contributed by atoms with Crippen LogP contribution in [0.15, 0.2) is 18.3 Å². The molecule has 1 N–H and O–H groups in total. The zero-order chi connectivity index (χ0) is 14.7. The number of hydrogen-bond acceptors (Lipinski definition) is 3. The van der Waals surface area contributed by atoms with Crippen molar-refractivity contribution in [1.82, 2.24) is 4.98 Å². The van der Waals surface area contributed by atoms with E-state index < -0.39 is 8.32 Å². The molecule has 0 saturated carbocycles. The average Bonchev–Trinajstić information content (AvgIpc) is 2.26. The van der Waals surface area contributed by atoms with E-state index in [2.05, 4.69) is 64.1 Å².